The Labute approximate surface area is 121 Å². The van der Waals surface area contributed by atoms with Crippen LogP contribution < -0.4 is 4.74 Å². The highest BCUT2D eigenvalue weighted by Crippen LogP contribution is 2.15. The third kappa shape index (κ3) is 2.88. The SMILES string of the molecule is Clc1ccc(OCCCc2ccnc3ncnn23)cc1. The Kier molecular flexibility index (Phi) is 3.78. The number of aromatic nitrogens is 4. The Balaban J connectivity index is 1.55. The minimum absolute atomic E-state index is 0.626. The number of hydrogen-bond donors (Lipinski definition) is 0. The van der Waals surface area contributed by atoms with Gasteiger partial charge in [-0.1, -0.05) is 11.6 Å². The molecular weight excluding hydrogens is 276 g/mol. The molecule has 1 aromatic carbocycles. The predicted octanol–water partition coefficient (Wildman–Crippen LogP) is 2.79. The van der Waals surface area contributed by atoms with Crippen LogP contribution in [0, 0.1) is 0 Å². The summed E-state index contributed by atoms with van der Waals surface area (Å²) in [6.45, 7) is 0.639. The topological polar surface area (TPSA) is 52.3 Å². The van der Waals surface area contributed by atoms with Gasteiger partial charge in [0.05, 0.1) is 6.61 Å². The van der Waals surface area contributed by atoms with Gasteiger partial charge in [0.1, 0.15) is 12.1 Å². The first-order chi connectivity index (χ1) is 9.83. The molecule has 5 nitrogen and oxygen atoms in total. The van der Waals surface area contributed by atoms with Crippen molar-refractivity contribution in [3.05, 3.63) is 53.6 Å². The first kappa shape index (κ1) is 12.9. The first-order valence-electron chi connectivity index (χ1n) is 6.35. The molecule has 2 aromatic heterocycles. The van der Waals surface area contributed by atoms with Crippen molar-refractivity contribution in [1.82, 2.24) is 19.6 Å². The number of hydrogen-bond acceptors (Lipinski definition) is 4. The summed E-state index contributed by atoms with van der Waals surface area (Å²) in [5, 5.41) is 4.86. The minimum atomic E-state index is 0.626. The molecule has 0 atom stereocenters. The van der Waals surface area contributed by atoms with Crippen molar-refractivity contribution < 1.29 is 4.74 Å². The number of aryl methyl sites for hydroxylation is 1. The quantitative estimate of drug-likeness (QED) is 0.678. The molecule has 0 fully saturated rings. The van der Waals surface area contributed by atoms with Crippen molar-refractivity contribution in [3.8, 4) is 5.75 Å². The van der Waals surface area contributed by atoms with E-state index in [0.717, 1.165) is 24.3 Å². The Hall–Kier alpha value is -2.14. The lowest BCUT2D eigenvalue weighted by atomic mass is 10.2. The summed E-state index contributed by atoms with van der Waals surface area (Å²) in [6, 6.07) is 9.32. The van der Waals surface area contributed by atoms with Gasteiger partial charge in [0.15, 0.2) is 0 Å². The van der Waals surface area contributed by atoms with Crippen molar-refractivity contribution in [2.75, 3.05) is 6.61 Å². The van der Waals surface area contributed by atoms with Gasteiger partial charge < -0.3 is 4.74 Å². The van der Waals surface area contributed by atoms with Gasteiger partial charge in [-0.05, 0) is 43.2 Å². The lowest BCUT2D eigenvalue weighted by molar-refractivity contribution is 0.310. The summed E-state index contributed by atoms with van der Waals surface area (Å²) in [4.78, 5) is 8.19. The van der Waals surface area contributed by atoms with E-state index in [-0.39, 0.29) is 0 Å². The molecule has 102 valence electrons. The highest BCUT2D eigenvalue weighted by Gasteiger charge is 2.03. The number of benzene rings is 1. The predicted molar refractivity (Wildman–Crippen MR) is 76.1 cm³/mol. The van der Waals surface area contributed by atoms with E-state index in [1.54, 1.807) is 10.7 Å². The van der Waals surface area contributed by atoms with E-state index in [2.05, 4.69) is 15.1 Å². The van der Waals surface area contributed by atoms with Crippen LogP contribution in [-0.2, 0) is 6.42 Å². The van der Waals surface area contributed by atoms with Crippen LogP contribution in [0.5, 0.6) is 5.75 Å². The molecule has 0 bridgehead atoms. The molecule has 6 heteroatoms. The van der Waals surface area contributed by atoms with E-state index in [0.29, 0.717) is 17.4 Å². The van der Waals surface area contributed by atoms with Crippen molar-refractivity contribution in [2.24, 2.45) is 0 Å². The van der Waals surface area contributed by atoms with E-state index >= 15 is 0 Å². The second kappa shape index (κ2) is 5.88. The zero-order valence-electron chi connectivity index (χ0n) is 10.7. The number of ether oxygens (including phenoxy) is 1. The summed E-state index contributed by atoms with van der Waals surface area (Å²) in [5.74, 6) is 1.45. The maximum absolute atomic E-state index is 5.82. The van der Waals surface area contributed by atoms with Crippen molar-refractivity contribution in [3.63, 3.8) is 0 Å². The Morgan fingerprint density at radius 3 is 2.80 bits per heavy atom. The Morgan fingerprint density at radius 2 is 1.95 bits per heavy atom. The van der Waals surface area contributed by atoms with Gasteiger partial charge in [0.2, 0.25) is 0 Å². The largest absolute Gasteiger partial charge is 0.494 e. The third-order valence-electron chi connectivity index (χ3n) is 2.92. The Morgan fingerprint density at radius 1 is 1.10 bits per heavy atom. The molecule has 0 spiro atoms. The van der Waals surface area contributed by atoms with Crippen LogP contribution in [0.1, 0.15) is 12.1 Å². The first-order valence-corrected chi connectivity index (χ1v) is 6.73. The molecule has 20 heavy (non-hydrogen) atoms. The van der Waals surface area contributed by atoms with Crippen LogP contribution in [0.25, 0.3) is 5.78 Å². The molecule has 0 unspecified atom stereocenters. The van der Waals surface area contributed by atoms with Gasteiger partial charge in [-0.15, -0.1) is 0 Å². The zero-order chi connectivity index (χ0) is 13.8. The fourth-order valence-electron chi connectivity index (χ4n) is 1.95. The van der Waals surface area contributed by atoms with Crippen LogP contribution in [-0.4, -0.2) is 26.2 Å². The smallest absolute Gasteiger partial charge is 0.252 e. The van der Waals surface area contributed by atoms with Gasteiger partial charge >= 0.3 is 0 Å². The van der Waals surface area contributed by atoms with Gasteiger partial charge in [0.25, 0.3) is 5.78 Å². The average Bonchev–Trinajstić information content (AvgIpc) is 2.94. The minimum Gasteiger partial charge on any atom is -0.494 e. The van der Waals surface area contributed by atoms with Gasteiger partial charge in [-0.25, -0.2) is 9.50 Å². The van der Waals surface area contributed by atoms with Crippen LogP contribution in [0.2, 0.25) is 5.02 Å². The number of rotatable bonds is 5. The highest BCUT2D eigenvalue weighted by atomic mass is 35.5. The Bertz CT molecular complexity index is 696. The summed E-state index contributed by atoms with van der Waals surface area (Å²) in [6.07, 6.45) is 5.01. The van der Waals surface area contributed by atoms with E-state index in [1.165, 1.54) is 6.33 Å². The van der Waals surface area contributed by atoms with Crippen LogP contribution in [0.15, 0.2) is 42.9 Å². The molecule has 0 radical (unpaired) electrons. The van der Waals surface area contributed by atoms with Crippen LogP contribution in [0.3, 0.4) is 0 Å². The molecule has 0 aliphatic rings. The summed E-state index contributed by atoms with van der Waals surface area (Å²) < 4.78 is 7.41. The molecule has 3 rings (SSSR count). The fourth-order valence-corrected chi connectivity index (χ4v) is 2.08. The second-order valence-corrected chi connectivity index (χ2v) is 4.75. The highest BCUT2D eigenvalue weighted by molar-refractivity contribution is 6.30. The van der Waals surface area contributed by atoms with Gasteiger partial charge in [0, 0.05) is 16.9 Å². The van der Waals surface area contributed by atoms with Crippen LogP contribution >= 0.6 is 11.6 Å². The number of nitrogens with zero attached hydrogens (tertiary/aromatic N) is 4. The van der Waals surface area contributed by atoms with Crippen molar-refractivity contribution in [1.29, 1.82) is 0 Å². The standard InChI is InChI=1S/C14H13ClN4O/c15-11-3-5-13(6-4-11)20-9-1-2-12-7-8-16-14-17-10-18-19(12)14/h3-8,10H,1-2,9H2. The third-order valence-corrected chi connectivity index (χ3v) is 3.17. The summed E-state index contributed by atoms with van der Waals surface area (Å²) in [5.41, 5.74) is 1.08. The normalized spacial score (nSPS) is 10.8. The lowest BCUT2D eigenvalue weighted by Gasteiger charge is -2.06. The van der Waals surface area contributed by atoms with E-state index in [9.17, 15) is 0 Å². The van der Waals surface area contributed by atoms with Gasteiger partial charge in [-0.2, -0.15) is 10.1 Å². The fraction of sp³-hybridized carbons (Fsp3) is 0.214. The molecule has 0 N–H and O–H groups in total. The van der Waals surface area contributed by atoms with Crippen molar-refractivity contribution in [2.45, 2.75) is 12.8 Å². The monoisotopic (exact) mass is 288 g/mol. The maximum atomic E-state index is 5.82. The average molecular weight is 289 g/mol. The second-order valence-electron chi connectivity index (χ2n) is 4.31. The number of fused-ring (bicyclic) bond motifs is 1. The summed E-state index contributed by atoms with van der Waals surface area (Å²) >= 11 is 5.82. The number of halogens is 1. The molecule has 0 aliphatic heterocycles. The molecule has 2 heterocycles. The van der Waals surface area contributed by atoms with E-state index < -0.39 is 0 Å². The molecule has 0 saturated heterocycles. The molecule has 0 aliphatic carbocycles. The molecule has 0 amide bonds. The maximum Gasteiger partial charge on any atom is 0.252 e. The molecular formula is C14H13ClN4O. The van der Waals surface area contributed by atoms with Gasteiger partial charge in [-0.3, -0.25) is 0 Å². The molecule has 0 saturated carbocycles. The van der Waals surface area contributed by atoms with E-state index in [4.69, 9.17) is 16.3 Å². The summed E-state index contributed by atoms with van der Waals surface area (Å²) in [7, 11) is 0. The van der Waals surface area contributed by atoms with Crippen LogP contribution in [0.4, 0.5) is 0 Å². The van der Waals surface area contributed by atoms with E-state index in [1.807, 2.05) is 30.3 Å². The van der Waals surface area contributed by atoms with Crippen molar-refractivity contribution >= 4 is 17.4 Å². The molecule has 3 aromatic rings. The zero-order valence-corrected chi connectivity index (χ0v) is 11.5. The lowest BCUT2D eigenvalue weighted by Crippen LogP contribution is -2.04.